The number of ether oxygens (including phenoxy) is 2. The Labute approximate surface area is 157 Å². The van der Waals surface area contributed by atoms with Gasteiger partial charge in [-0.1, -0.05) is 0 Å². The number of carbonyl (C=O) groups excluding carboxylic acids is 2. The zero-order chi connectivity index (χ0) is 19.4. The van der Waals surface area contributed by atoms with E-state index in [1.165, 1.54) is 0 Å². The molecule has 0 spiro atoms. The normalized spacial score (nSPS) is 16.2. The second-order valence-electron chi connectivity index (χ2n) is 6.26. The summed E-state index contributed by atoms with van der Waals surface area (Å²) in [6.07, 6.45) is 1.85. The first-order valence-corrected chi connectivity index (χ1v) is 8.52. The van der Waals surface area contributed by atoms with Crippen LogP contribution in [-0.4, -0.2) is 43.7 Å². The summed E-state index contributed by atoms with van der Waals surface area (Å²) in [6.45, 7) is 2.30. The van der Waals surface area contributed by atoms with Crippen LogP contribution >= 0.6 is 0 Å². The van der Waals surface area contributed by atoms with Crippen molar-refractivity contribution in [3.05, 3.63) is 42.1 Å². The van der Waals surface area contributed by atoms with E-state index in [1.54, 1.807) is 49.6 Å². The molecule has 1 fully saturated rings. The topological polar surface area (TPSA) is 92.8 Å². The van der Waals surface area contributed by atoms with Crippen LogP contribution in [0.1, 0.15) is 12.0 Å². The third-order valence-corrected chi connectivity index (χ3v) is 4.30. The molecule has 8 heteroatoms. The van der Waals surface area contributed by atoms with E-state index in [0.29, 0.717) is 29.5 Å². The molecule has 1 aromatic heterocycles. The van der Waals surface area contributed by atoms with Crippen molar-refractivity contribution in [2.24, 2.45) is 0 Å². The summed E-state index contributed by atoms with van der Waals surface area (Å²) in [5, 5.41) is 5.50. The average Bonchev–Trinajstić information content (AvgIpc) is 3.01. The summed E-state index contributed by atoms with van der Waals surface area (Å²) < 4.78 is 10.5. The molecule has 2 N–H and O–H groups in total. The Kier molecular flexibility index (Phi) is 5.44. The lowest BCUT2D eigenvalue weighted by Crippen LogP contribution is -2.39. The van der Waals surface area contributed by atoms with E-state index >= 15 is 0 Å². The Morgan fingerprint density at radius 2 is 1.96 bits per heavy atom. The van der Waals surface area contributed by atoms with Crippen LogP contribution in [0.4, 0.5) is 16.3 Å². The predicted molar refractivity (Wildman–Crippen MR) is 101 cm³/mol. The minimum Gasteiger partial charge on any atom is -0.493 e. The van der Waals surface area contributed by atoms with Gasteiger partial charge in [-0.3, -0.25) is 10.1 Å². The number of amides is 3. The van der Waals surface area contributed by atoms with Gasteiger partial charge in [-0.2, -0.15) is 0 Å². The highest BCUT2D eigenvalue weighted by molar-refractivity contribution is 5.97. The van der Waals surface area contributed by atoms with Gasteiger partial charge in [0.1, 0.15) is 5.82 Å². The molecule has 1 aliphatic rings. The number of pyridine rings is 1. The van der Waals surface area contributed by atoms with E-state index in [0.717, 1.165) is 5.56 Å². The molecule has 1 saturated heterocycles. The number of anilines is 2. The number of carbonyl (C=O) groups is 2. The molecule has 2 heterocycles. The zero-order valence-corrected chi connectivity index (χ0v) is 15.5. The molecular formula is C19H22N4O4. The second kappa shape index (κ2) is 7.94. The summed E-state index contributed by atoms with van der Waals surface area (Å²) in [5.74, 6) is 1.53. The van der Waals surface area contributed by atoms with Gasteiger partial charge in [0.2, 0.25) is 5.91 Å². The Morgan fingerprint density at radius 1 is 1.19 bits per heavy atom. The van der Waals surface area contributed by atoms with Crippen LogP contribution in [0, 0.1) is 6.92 Å². The maximum atomic E-state index is 12.4. The van der Waals surface area contributed by atoms with E-state index in [-0.39, 0.29) is 24.4 Å². The molecule has 0 bridgehead atoms. The van der Waals surface area contributed by atoms with E-state index in [1.807, 2.05) is 13.0 Å². The standard InChI is InChI=1S/C19H22N4O4/c1-12-6-7-20-17(8-12)22-19(25)21-13-9-18(24)23(11-13)14-4-5-15(26-2)16(10-14)27-3/h4-8,10,13H,9,11H2,1-3H3,(H2,20,21,22,25). The van der Waals surface area contributed by atoms with Crippen molar-refractivity contribution in [2.75, 3.05) is 31.0 Å². The maximum Gasteiger partial charge on any atom is 0.320 e. The quantitative estimate of drug-likeness (QED) is 0.843. The Hall–Kier alpha value is -3.29. The summed E-state index contributed by atoms with van der Waals surface area (Å²) in [4.78, 5) is 30.3. The molecule has 2 aromatic rings. The van der Waals surface area contributed by atoms with Crippen molar-refractivity contribution in [1.82, 2.24) is 10.3 Å². The molecule has 3 rings (SSSR count). The van der Waals surface area contributed by atoms with Crippen molar-refractivity contribution in [2.45, 2.75) is 19.4 Å². The highest BCUT2D eigenvalue weighted by atomic mass is 16.5. The molecule has 1 unspecified atom stereocenters. The fraction of sp³-hybridized carbons (Fsp3) is 0.316. The second-order valence-corrected chi connectivity index (χ2v) is 6.26. The molecule has 0 radical (unpaired) electrons. The van der Waals surface area contributed by atoms with Gasteiger partial charge in [-0.05, 0) is 36.8 Å². The molecule has 8 nitrogen and oxygen atoms in total. The van der Waals surface area contributed by atoms with Gasteiger partial charge in [0.25, 0.3) is 0 Å². The van der Waals surface area contributed by atoms with Gasteiger partial charge >= 0.3 is 6.03 Å². The smallest absolute Gasteiger partial charge is 0.320 e. The van der Waals surface area contributed by atoms with Gasteiger partial charge in [0.05, 0.1) is 20.3 Å². The van der Waals surface area contributed by atoms with E-state index in [4.69, 9.17) is 9.47 Å². The largest absolute Gasteiger partial charge is 0.493 e. The number of methoxy groups -OCH3 is 2. The maximum absolute atomic E-state index is 12.4. The molecule has 3 amide bonds. The average molecular weight is 370 g/mol. The molecular weight excluding hydrogens is 348 g/mol. The Balaban J connectivity index is 1.64. The molecule has 0 saturated carbocycles. The highest BCUT2D eigenvalue weighted by Gasteiger charge is 2.32. The molecule has 27 heavy (non-hydrogen) atoms. The van der Waals surface area contributed by atoms with Crippen LogP contribution in [0.3, 0.4) is 0 Å². The van der Waals surface area contributed by atoms with E-state index in [9.17, 15) is 9.59 Å². The van der Waals surface area contributed by atoms with Crippen molar-refractivity contribution < 1.29 is 19.1 Å². The molecule has 1 aliphatic heterocycles. The molecule has 142 valence electrons. The van der Waals surface area contributed by atoms with Crippen LogP contribution in [0.15, 0.2) is 36.5 Å². The van der Waals surface area contributed by atoms with Crippen molar-refractivity contribution in [1.29, 1.82) is 0 Å². The minimum absolute atomic E-state index is 0.0683. The van der Waals surface area contributed by atoms with E-state index in [2.05, 4.69) is 15.6 Å². The van der Waals surface area contributed by atoms with Gasteiger partial charge in [-0.15, -0.1) is 0 Å². The van der Waals surface area contributed by atoms with Gasteiger partial charge in [-0.25, -0.2) is 9.78 Å². The van der Waals surface area contributed by atoms with Crippen molar-refractivity contribution in [3.8, 4) is 11.5 Å². The van der Waals surface area contributed by atoms with Crippen LogP contribution in [0.5, 0.6) is 11.5 Å². The number of benzene rings is 1. The highest BCUT2D eigenvalue weighted by Crippen LogP contribution is 2.33. The number of hydrogen-bond donors (Lipinski definition) is 2. The van der Waals surface area contributed by atoms with Gasteiger partial charge in [0.15, 0.2) is 11.5 Å². The summed E-state index contributed by atoms with van der Waals surface area (Å²) >= 11 is 0. The SMILES string of the molecule is COc1ccc(N2CC(NC(=O)Nc3cc(C)ccn3)CC2=O)cc1OC. The first kappa shape index (κ1) is 18.5. The van der Waals surface area contributed by atoms with Gasteiger partial charge in [0, 0.05) is 30.9 Å². The number of nitrogens with one attached hydrogen (secondary N) is 2. The van der Waals surface area contributed by atoms with Crippen molar-refractivity contribution >= 4 is 23.4 Å². The minimum atomic E-state index is -0.389. The summed E-state index contributed by atoms with van der Waals surface area (Å²) in [7, 11) is 3.10. The van der Waals surface area contributed by atoms with Crippen LogP contribution in [0.2, 0.25) is 0 Å². The number of urea groups is 1. The van der Waals surface area contributed by atoms with Gasteiger partial charge < -0.3 is 19.7 Å². The first-order valence-electron chi connectivity index (χ1n) is 8.52. The summed E-state index contributed by atoms with van der Waals surface area (Å²) in [6, 6.07) is 8.22. The van der Waals surface area contributed by atoms with Crippen LogP contribution in [0.25, 0.3) is 0 Å². The lowest BCUT2D eigenvalue weighted by atomic mass is 10.2. The van der Waals surface area contributed by atoms with Crippen LogP contribution in [-0.2, 0) is 4.79 Å². The monoisotopic (exact) mass is 370 g/mol. The molecule has 1 aromatic carbocycles. The Bertz CT molecular complexity index is 855. The zero-order valence-electron chi connectivity index (χ0n) is 15.5. The number of nitrogens with zero attached hydrogens (tertiary/aromatic N) is 2. The number of rotatable bonds is 5. The number of aromatic nitrogens is 1. The molecule has 0 aliphatic carbocycles. The lowest BCUT2D eigenvalue weighted by molar-refractivity contribution is -0.117. The third kappa shape index (κ3) is 4.28. The molecule has 1 atom stereocenters. The number of aryl methyl sites for hydroxylation is 1. The fourth-order valence-corrected chi connectivity index (χ4v) is 2.99. The van der Waals surface area contributed by atoms with Crippen molar-refractivity contribution in [3.63, 3.8) is 0 Å². The lowest BCUT2D eigenvalue weighted by Gasteiger charge is -2.19. The Morgan fingerprint density at radius 3 is 2.67 bits per heavy atom. The third-order valence-electron chi connectivity index (χ3n) is 4.30. The predicted octanol–water partition coefficient (Wildman–Crippen LogP) is 2.33. The van der Waals surface area contributed by atoms with Crippen LogP contribution < -0.4 is 25.0 Å². The number of hydrogen-bond acceptors (Lipinski definition) is 5. The summed E-state index contributed by atoms with van der Waals surface area (Å²) in [5.41, 5.74) is 1.69. The first-order chi connectivity index (χ1) is 13.0. The van der Waals surface area contributed by atoms with E-state index < -0.39 is 0 Å². The fourth-order valence-electron chi connectivity index (χ4n) is 2.99.